The molecule has 5 heteroatoms. The van der Waals surface area contributed by atoms with E-state index in [9.17, 15) is 8.78 Å². The minimum Gasteiger partial charge on any atom is -0.330 e. The Morgan fingerprint density at radius 3 is 2.13 bits per heavy atom. The molecule has 2 N–H and O–H groups in total. The van der Waals surface area contributed by atoms with Crippen molar-refractivity contribution in [3.63, 3.8) is 0 Å². The van der Waals surface area contributed by atoms with Crippen molar-refractivity contribution >= 4 is 21.2 Å². The summed E-state index contributed by atoms with van der Waals surface area (Å²) in [5, 5.41) is 0. The molecule has 0 aliphatic carbocycles. The minimum atomic E-state index is -1.03. The molecule has 0 radical (unpaired) electrons. The Morgan fingerprint density at radius 2 is 1.73 bits per heavy atom. The molecule has 1 aromatic carbocycles. The first-order valence-corrected chi connectivity index (χ1v) is 7.68. The highest BCUT2D eigenvalue weighted by Crippen LogP contribution is 2.14. The summed E-state index contributed by atoms with van der Waals surface area (Å²) in [5.74, 6) is -0.981. The SMILES string of the molecule is C[SiH](C)C(N)Cc1c(F)cccc1F.Cl. The van der Waals surface area contributed by atoms with Crippen LogP contribution in [0.25, 0.3) is 0 Å². The van der Waals surface area contributed by atoms with Crippen LogP contribution in [0.3, 0.4) is 0 Å². The predicted molar refractivity (Wildman–Crippen MR) is 64.2 cm³/mol. The standard InChI is InChI=1S/C10H15F2NSi.ClH/c1-14(2)10(13)6-7-8(11)4-3-5-9(7)12;/h3-5,10,14H,6,13H2,1-2H3;1H. The topological polar surface area (TPSA) is 26.0 Å². The third-order valence-corrected chi connectivity index (χ3v) is 4.31. The molecule has 0 aliphatic rings. The molecule has 0 bridgehead atoms. The highest BCUT2D eigenvalue weighted by atomic mass is 35.5. The summed E-state index contributed by atoms with van der Waals surface area (Å²) in [4.78, 5) is 0. The van der Waals surface area contributed by atoms with Gasteiger partial charge in [-0.3, -0.25) is 0 Å². The van der Waals surface area contributed by atoms with Gasteiger partial charge in [-0.15, -0.1) is 12.4 Å². The maximum atomic E-state index is 13.2. The van der Waals surface area contributed by atoms with E-state index in [1.54, 1.807) is 0 Å². The molecule has 86 valence electrons. The fourth-order valence-electron chi connectivity index (χ4n) is 1.20. The normalized spacial score (nSPS) is 12.4. The van der Waals surface area contributed by atoms with Gasteiger partial charge in [-0.25, -0.2) is 8.78 Å². The highest BCUT2D eigenvalue weighted by molar-refractivity contribution is 6.57. The van der Waals surface area contributed by atoms with Crippen LogP contribution in [0.15, 0.2) is 18.2 Å². The van der Waals surface area contributed by atoms with Crippen LogP contribution < -0.4 is 5.73 Å². The minimum absolute atomic E-state index is 0. The Kier molecular flexibility index (Phi) is 6.01. The summed E-state index contributed by atoms with van der Waals surface area (Å²) in [6, 6.07) is 3.91. The zero-order valence-corrected chi connectivity index (χ0v) is 10.8. The summed E-state index contributed by atoms with van der Waals surface area (Å²) < 4.78 is 26.4. The van der Waals surface area contributed by atoms with Crippen LogP contribution >= 0.6 is 12.4 Å². The molecule has 0 saturated heterocycles. The first-order valence-electron chi connectivity index (χ1n) is 4.71. The highest BCUT2D eigenvalue weighted by Gasteiger charge is 2.15. The molecule has 0 amide bonds. The van der Waals surface area contributed by atoms with Crippen molar-refractivity contribution in [2.45, 2.75) is 25.2 Å². The van der Waals surface area contributed by atoms with Gasteiger partial charge in [0.1, 0.15) is 11.6 Å². The first-order chi connectivity index (χ1) is 6.52. The molecule has 0 fully saturated rings. The number of rotatable bonds is 3. The number of halogens is 3. The van der Waals surface area contributed by atoms with E-state index < -0.39 is 20.4 Å². The second-order valence-corrected chi connectivity index (χ2v) is 7.16. The monoisotopic (exact) mass is 251 g/mol. The number of benzene rings is 1. The molecule has 0 spiro atoms. The average Bonchev–Trinajstić information content (AvgIpc) is 2.11. The fraction of sp³-hybridized carbons (Fsp3) is 0.400. The Bertz CT molecular complexity index is 300. The Labute approximate surface area is 96.7 Å². The van der Waals surface area contributed by atoms with E-state index in [4.69, 9.17) is 5.73 Å². The summed E-state index contributed by atoms with van der Waals surface area (Å²) in [5.41, 5.74) is 5.87. The second kappa shape index (κ2) is 6.20. The van der Waals surface area contributed by atoms with E-state index in [1.807, 2.05) is 0 Å². The van der Waals surface area contributed by atoms with Gasteiger partial charge in [0.15, 0.2) is 0 Å². The van der Waals surface area contributed by atoms with E-state index >= 15 is 0 Å². The van der Waals surface area contributed by atoms with Crippen molar-refractivity contribution < 1.29 is 8.78 Å². The summed E-state index contributed by atoms with van der Waals surface area (Å²) in [6.07, 6.45) is 0.308. The molecule has 1 rings (SSSR count). The summed E-state index contributed by atoms with van der Waals surface area (Å²) >= 11 is 0. The van der Waals surface area contributed by atoms with Crippen LogP contribution in [0.2, 0.25) is 13.1 Å². The molecule has 0 aromatic heterocycles. The summed E-state index contributed by atoms with van der Waals surface area (Å²) in [6.45, 7) is 4.15. The van der Waals surface area contributed by atoms with Gasteiger partial charge in [0.2, 0.25) is 0 Å². The lowest BCUT2D eigenvalue weighted by atomic mass is 10.1. The van der Waals surface area contributed by atoms with E-state index in [-0.39, 0.29) is 23.6 Å². The number of nitrogens with two attached hydrogens (primary N) is 1. The molecule has 1 nitrogen and oxygen atoms in total. The van der Waals surface area contributed by atoms with Gasteiger partial charge in [0, 0.05) is 5.56 Å². The van der Waals surface area contributed by atoms with Crippen LogP contribution in [0, 0.1) is 11.6 Å². The van der Waals surface area contributed by atoms with Gasteiger partial charge in [-0.05, 0) is 24.2 Å². The third-order valence-electron chi connectivity index (χ3n) is 2.36. The average molecular weight is 252 g/mol. The van der Waals surface area contributed by atoms with Gasteiger partial charge in [0.05, 0.1) is 8.80 Å². The van der Waals surface area contributed by atoms with Gasteiger partial charge in [-0.1, -0.05) is 19.2 Å². The van der Waals surface area contributed by atoms with Gasteiger partial charge < -0.3 is 5.73 Å². The molecular weight excluding hydrogens is 236 g/mol. The molecule has 0 heterocycles. The van der Waals surface area contributed by atoms with E-state index in [1.165, 1.54) is 18.2 Å². The van der Waals surface area contributed by atoms with Crippen molar-refractivity contribution in [3.05, 3.63) is 35.4 Å². The van der Waals surface area contributed by atoms with Crippen molar-refractivity contribution in [2.24, 2.45) is 5.73 Å². The number of hydrogen-bond acceptors (Lipinski definition) is 1. The summed E-state index contributed by atoms with van der Waals surface area (Å²) in [7, 11) is -1.03. The molecule has 0 aliphatic heterocycles. The molecular formula is C10H16ClF2NSi. The van der Waals surface area contributed by atoms with Crippen LogP contribution in [-0.4, -0.2) is 14.5 Å². The maximum absolute atomic E-state index is 13.2. The molecule has 15 heavy (non-hydrogen) atoms. The zero-order valence-electron chi connectivity index (χ0n) is 8.84. The van der Waals surface area contributed by atoms with Crippen LogP contribution in [-0.2, 0) is 6.42 Å². The predicted octanol–water partition coefficient (Wildman–Crippen LogP) is 2.28. The van der Waals surface area contributed by atoms with E-state index in [0.29, 0.717) is 6.42 Å². The zero-order chi connectivity index (χ0) is 10.7. The quantitative estimate of drug-likeness (QED) is 0.820. The van der Waals surface area contributed by atoms with Gasteiger partial charge in [0.25, 0.3) is 0 Å². The first kappa shape index (κ1) is 14.5. The molecule has 1 unspecified atom stereocenters. The second-order valence-electron chi connectivity index (χ2n) is 3.81. The molecule has 1 atom stereocenters. The third kappa shape index (κ3) is 3.89. The largest absolute Gasteiger partial charge is 0.330 e. The van der Waals surface area contributed by atoms with Crippen molar-refractivity contribution in [1.82, 2.24) is 0 Å². The molecule has 1 aromatic rings. The number of hydrogen-bond donors (Lipinski definition) is 1. The fourth-order valence-corrected chi connectivity index (χ4v) is 1.91. The van der Waals surface area contributed by atoms with Crippen LogP contribution in [0.5, 0.6) is 0 Å². The lowest BCUT2D eigenvalue weighted by molar-refractivity contribution is 0.551. The Balaban J connectivity index is 0.00000196. The van der Waals surface area contributed by atoms with Crippen molar-refractivity contribution in [2.75, 3.05) is 0 Å². The van der Waals surface area contributed by atoms with E-state index in [0.717, 1.165) is 0 Å². The van der Waals surface area contributed by atoms with Crippen LogP contribution in [0.4, 0.5) is 8.78 Å². The van der Waals surface area contributed by atoms with Crippen LogP contribution in [0.1, 0.15) is 5.56 Å². The Morgan fingerprint density at radius 1 is 1.27 bits per heavy atom. The van der Waals surface area contributed by atoms with Crippen molar-refractivity contribution in [1.29, 1.82) is 0 Å². The lowest BCUT2D eigenvalue weighted by Crippen LogP contribution is -2.36. The van der Waals surface area contributed by atoms with Crippen molar-refractivity contribution in [3.8, 4) is 0 Å². The maximum Gasteiger partial charge on any atom is 0.129 e. The van der Waals surface area contributed by atoms with Gasteiger partial charge in [-0.2, -0.15) is 0 Å². The molecule has 0 saturated carbocycles. The van der Waals surface area contributed by atoms with E-state index in [2.05, 4.69) is 13.1 Å². The van der Waals surface area contributed by atoms with Gasteiger partial charge >= 0.3 is 0 Å². The smallest absolute Gasteiger partial charge is 0.129 e. The lowest BCUT2D eigenvalue weighted by Gasteiger charge is -2.15. The Hall–Kier alpha value is -0.453.